The van der Waals surface area contributed by atoms with Crippen molar-refractivity contribution in [3.63, 3.8) is 0 Å². The van der Waals surface area contributed by atoms with Gasteiger partial charge in [-0.3, -0.25) is 0 Å². The lowest BCUT2D eigenvalue weighted by molar-refractivity contribution is 0.133. The van der Waals surface area contributed by atoms with E-state index < -0.39 is 0 Å². The molecule has 0 atom stereocenters. The first-order chi connectivity index (χ1) is 7.24. The van der Waals surface area contributed by atoms with E-state index in [-0.39, 0.29) is 0 Å². The smallest absolute Gasteiger partial charge is 0.0175 e. The molecule has 1 aliphatic carbocycles. The second-order valence-electron chi connectivity index (χ2n) is 4.69. The van der Waals surface area contributed by atoms with Gasteiger partial charge in [0.25, 0.3) is 0 Å². The molecule has 0 radical (unpaired) electrons. The van der Waals surface area contributed by atoms with E-state index in [2.05, 4.69) is 52.6 Å². The van der Waals surface area contributed by atoms with Gasteiger partial charge in [-0.15, -0.1) is 0 Å². The Morgan fingerprint density at radius 2 is 1.93 bits per heavy atom. The molecule has 0 saturated heterocycles. The van der Waals surface area contributed by atoms with Crippen molar-refractivity contribution in [1.29, 1.82) is 0 Å². The summed E-state index contributed by atoms with van der Waals surface area (Å²) in [6, 6.07) is 8.75. The number of hydrogen-bond donors (Lipinski definition) is 1. The van der Waals surface area contributed by atoms with Gasteiger partial charge < -0.3 is 5.32 Å². The van der Waals surface area contributed by atoms with Gasteiger partial charge in [-0.25, -0.2) is 0 Å². The molecule has 0 unspecified atom stereocenters. The van der Waals surface area contributed by atoms with Crippen LogP contribution in [0.2, 0.25) is 0 Å². The van der Waals surface area contributed by atoms with Crippen LogP contribution < -0.4 is 5.32 Å². The van der Waals surface area contributed by atoms with Crippen LogP contribution in [0, 0.1) is 5.41 Å². The van der Waals surface area contributed by atoms with Crippen LogP contribution in [-0.4, -0.2) is 13.6 Å². The fourth-order valence-electron chi connectivity index (χ4n) is 2.50. The Morgan fingerprint density at radius 3 is 2.40 bits per heavy atom. The van der Waals surface area contributed by atoms with Crippen molar-refractivity contribution in [2.24, 2.45) is 5.41 Å². The molecule has 1 aromatic rings. The Balaban J connectivity index is 2.03. The van der Waals surface area contributed by atoms with E-state index >= 15 is 0 Å². The normalized spacial score (nSPS) is 18.5. The Morgan fingerprint density at radius 1 is 1.27 bits per heavy atom. The molecule has 15 heavy (non-hydrogen) atoms. The molecule has 2 heteroatoms. The zero-order valence-electron chi connectivity index (χ0n) is 9.22. The summed E-state index contributed by atoms with van der Waals surface area (Å²) in [5, 5.41) is 3.33. The lowest BCUT2D eigenvalue weighted by atomic mass is 9.65. The maximum Gasteiger partial charge on any atom is 0.0175 e. The minimum absolute atomic E-state index is 0.544. The topological polar surface area (TPSA) is 12.0 Å². The highest BCUT2D eigenvalue weighted by atomic mass is 79.9. The SMILES string of the molecule is CNCC1(Cc2ccc(Br)cc2)CCC1. The van der Waals surface area contributed by atoms with Crippen molar-refractivity contribution in [2.75, 3.05) is 13.6 Å². The van der Waals surface area contributed by atoms with E-state index in [0.717, 1.165) is 6.54 Å². The number of nitrogens with one attached hydrogen (secondary N) is 1. The predicted molar refractivity (Wildman–Crippen MR) is 68.1 cm³/mol. The number of benzene rings is 1. The Kier molecular flexibility index (Phi) is 3.47. The van der Waals surface area contributed by atoms with Gasteiger partial charge in [0.1, 0.15) is 0 Å². The van der Waals surface area contributed by atoms with Gasteiger partial charge in [0.2, 0.25) is 0 Å². The quantitative estimate of drug-likeness (QED) is 0.882. The lowest BCUT2D eigenvalue weighted by Crippen LogP contribution is -2.40. The standard InChI is InChI=1S/C13H18BrN/c1-15-10-13(7-2-8-13)9-11-3-5-12(14)6-4-11/h3-6,15H,2,7-10H2,1H3. The maximum atomic E-state index is 3.47. The van der Waals surface area contributed by atoms with Crippen molar-refractivity contribution in [1.82, 2.24) is 5.32 Å². The first kappa shape index (κ1) is 11.2. The Hall–Kier alpha value is -0.340. The van der Waals surface area contributed by atoms with Crippen molar-refractivity contribution >= 4 is 15.9 Å². The molecule has 0 heterocycles. The Labute approximate surface area is 100 Å². The second-order valence-corrected chi connectivity index (χ2v) is 5.60. The average molecular weight is 268 g/mol. The van der Waals surface area contributed by atoms with E-state index in [4.69, 9.17) is 0 Å². The van der Waals surface area contributed by atoms with Crippen LogP contribution in [0.3, 0.4) is 0 Å². The summed E-state index contributed by atoms with van der Waals surface area (Å²) < 4.78 is 1.17. The zero-order valence-corrected chi connectivity index (χ0v) is 10.8. The first-order valence-corrected chi connectivity index (χ1v) is 6.42. The fourth-order valence-corrected chi connectivity index (χ4v) is 2.77. The van der Waals surface area contributed by atoms with Crippen LogP contribution in [0.25, 0.3) is 0 Å². The van der Waals surface area contributed by atoms with Crippen LogP contribution in [0.4, 0.5) is 0 Å². The van der Waals surface area contributed by atoms with Gasteiger partial charge in [-0.1, -0.05) is 34.5 Å². The van der Waals surface area contributed by atoms with Crippen LogP contribution in [-0.2, 0) is 6.42 Å². The minimum Gasteiger partial charge on any atom is -0.319 e. The van der Waals surface area contributed by atoms with E-state index in [1.165, 1.54) is 35.7 Å². The maximum absolute atomic E-state index is 3.47. The molecule has 1 saturated carbocycles. The van der Waals surface area contributed by atoms with Crippen molar-refractivity contribution in [3.8, 4) is 0 Å². The molecular formula is C13H18BrN. The molecule has 1 nitrogen and oxygen atoms in total. The predicted octanol–water partition coefficient (Wildman–Crippen LogP) is 3.38. The van der Waals surface area contributed by atoms with Crippen LogP contribution in [0.15, 0.2) is 28.7 Å². The lowest BCUT2D eigenvalue weighted by Gasteiger charge is -2.42. The molecule has 0 spiro atoms. The third-order valence-corrected chi connectivity index (χ3v) is 3.99. The summed E-state index contributed by atoms with van der Waals surface area (Å²) in [4.78, 5) is 0. The van der Waals surface area contributed by atoms with Crippen molar-refractivity contribution in [2.45, 2.75) is 25.7 Å². The van der Waals surface area contributed by atoms with Gasteiger partial charge in [-0.2, -0.15) is 0 Å². The summed E-state index contributed by atoms with van der Waals surface area (Å²) in [6.07, 6.45) is 5.38. The molecule has 82 valence electrons. The van der Waals surface area contributed by atoms with E-state index in [1.807, 2.05) is 0 Å². The van der Waals surface area contributed by atoms with Gasteiger partial charge in [0.05, 0.1) is 0 Å². The van der Waals surface area contributed by atoms with Crippen LogP contribution in [0.1, 0.15) is 24.8 Å². The van der Waals surface area contributed by atoms with Gasteiger partial charge >= 0.3 is 0 Å². The summed E-state index contributed by atoms with van der Waals surface area (Å²) in [5.41, 5.74) is 2.01. The first-order valence-electron chi connectivity index (χ1n) is 5.63. The molecule has 1 aliphatic rings. The number of hydrogen-bond acceptors (Lipinski definition) is 1. The molecule has 2 rings (SSSR count). The zero-order chi connectivity index (χ0) is 10.7. The third kappa shape index (κ3) is 2.61. The molecule has 0 amide bonds. The molecule has 1 aromatic carbocycles. The van der Waals surface area contributed by atoms with Crippen molar-refractivity contribution in [3.05, 3.63) is 34.3 Å². The van der Waals surface area contributed by atoms with Crippen LogP contribution in [0.5, 0.6) is 0 Å². The summed E-state index contributed by atoms with van der Waals surface area (Å²) in [7, 11) is 2.06. The van der Waals surface area contributed by atoms with E-state index in [1.54, 1.807) is 0 Å². The average Bonchev–Trinajstić information content (AvgIpc) is 2.18. The largest absolute Gasteiger partial charge is 0.319 e. The number of halogens is 1. The minimum atomic E-state index is 0.544. The third-order valence-electron chi connectivity index (χ3n) is 3.46. The van der Waals surface area contributed by atoms with Gasteiger partial charge in [-0.05, 0) is 49.4 Å². The van der Waals surface area contributed by atoms with Gasteiger partial charge in [0, 0.05) is 11.0 Å². The van der Waals surface area contributed by atoms with E-state index in [0.29, 0.717) is 5.41 Å². The van der Waals surface area contributed by atoms with Crippen molar-refractivity contribution < 1.29 is 0 Å². The van der Waals surface area contributed by atoms with Gasteiger partial charge in [0.15, 0.2) is 0 Å². The fraction of sp³-hybridized carbons (Fsp3) is 0.538. The molecule has 0 aliphatic heterocycles. The highest BCUT2D eigenvalue weighted by Crippen LogP contribution is 2.43. The summed E-state index contributed by atoms with van der Waals surface area (Å²) in [5.74, 6) is 0. The van der Waals surface area contributed by atoms with E-state index in [9.17, 15) is 0 Å². The molecule has 0 bridgehead atoms. The molecule has 1 fully saturated rings. The summed E-state index contributed by atoms with van der Waals surface area (Å²) >= 11 is 3.47. The summed E-state index contributed by atoms with van der Waals surface area (Å²) in [6.45, 7) is 1.16. The van der Waals surface area contributed by atoms with Crippen LogP contribution >= 0.6 is 15.9 Å². The number of rotatable bonds is 4. The second kappa shape index (κ2) is 4.67. The highest BCUT2D eigenvalue weighted by molar-refractivity contribution is 9.10. The Bertz CT molecular complexity index is 314. The molecular weight excluding hydrogens is 250 g/mol. The monoisotopic (exact) mass is 267 g/mol. The molecule has 1 N–H and O–H groups in total. The molecule has 0 aromatic heterocycles. The highest BCUT2D eigenvalue weighted by Gasteiger charge is 2.35.